The van der Waals surface area contributed by atoms with Crippen molar-refractivity contribution in [3.05, 3.63) is 17.7 Å². The highest BCUT2D eigenvalue weighted by Crippen LogP contribution is 2.38. The van der Waals surface area contributed by atoms with Crippen molar-refractivity contribution >= 4 is 18.4 Å². The van der Waals surface area contributed by atoms with Crippen LogP contribution in [0.25, 0.3) is 0 Å². The molecule has 1 saturated heterocycles. The summed E-state index contributed by atoms with van der Waals surface area (Å²) in [6, 6.07) is 3.20. The van der Waals surface area contributed by atoms with Crippen molar-refractivity contribution in [3.63, 3.8) is 0 Å². The van der Waals surface area contributed by atoms with Crippen molar-refractivity contribution in [1.82, 2.24) is 4.90 Å². The van der Waals surface area contributed by atoms with Crippen LogP contribution in [0.15, 0.2) is 12.1 Å². The second-order valence-electron chi connectivity index (χ2n) is 5.45. The Morgan fingerprint density at radius 3 is 2.08 bits per heavy atom. The van der Waals surface area contributed by atoms with E-state index in [0.717, 1.165) is 19.6 Å². The average Bonchev–Trinajstić information content (AvgIpc) is 2.61. The normalized spacial score (nSPS) is 14.5. The van der Waals surface area contributed by atoms with E-state index in [1.165, 1.54) is 40.6 Å². The first-order chi connectivity index (χ1) is 11.2. The minimum Gasteiger partial charge on any atom is -0.493 e. The van der Waals surface area contributed by atoms with Gasteiger partial charge in [-0.15, -0.1) is 12.4 Å². The average molecular weight is 360 g/mol. The van der Waals surface area contributed by atoms with Gasteiger partial charge < -0.3 is 18.9 Å². The molecule has 0 spiro atoms. The van der Waals surface area contributed by atoms with Gasteiger partial charge in [-0.1, -0.05) is 6.42 Å². The molecule has 0 N–H and O–H groups in total. The van der Waals surface area contributed by atoms with Crippen molar-refractivity contribution in [2.24, 2.45) is 0 Å². The fourth-order valence-corrected chi connectivity index (χ4v) is 2.73. The molecule has 6 nitrogen and oxygen atoms in total. The molecule has 1 aliphatic rings. The molecule has 0 aliphatic carbocycles. The van der Waals surface area contributed by atoms with Crippen LogP contribution in [0.4, 0.5) is 0 Å². The van der Waals surface area contributed by atoms with Crippen molar-refractivity contribution in [2.45, 2.75) is 19.3 Å². The highest BCUT2D eigenvalue weighted by molar-refractivity contribution is 5.91. The Bertz CT molecular complexity index is 507. The number of halogens is 1. The maximum atomic E-state index is 12.2. The van der Waals surface area contributed by atoms with Crippen molar-refractivity contribution in [3.8, 4) is 17.2 Å². The first-order valence-electron chi connectivity index (χ1n) is 7.89. The largest absolute Gasteiger partial charge is 0.493 e. The lowest BCUT2D eigenvalue weighted by Crippen LogP contribution is -2.33. The number of carbonyl (C=O) groups is 1. The summed E-state index contributed by atoms with van der Waals surface area (Å²) in [6.45, 7) is 3.33. The van der Waals surface area contributed by atoms with Crippen LogP contribution >= 0.6 is 12.4 Å². The molecule has 0 bridgehead atoms. The molecule has 1 aromatic rings. The van der Waals surface area contributed by atoms with E-state index < -0.39 is 0 Å². The molecule has 0 radical (unpaired) electrons. The number of rotatable bonds is 7. The monoisotopic (exact) mass is 359 g/mol. The number of likely N-dealkylation sites (tertiary alicyclic amines) is 1. The molecule has 0 aromatic heterocycles. The molecular weight excluding hydrogens is 334 g/mol. The van der Waals surface area contributed by atoms with E-state index in [1.807, 2.05) is 0 Å². The number of carbonyl (C=O) groups excluding carboxylic acids is 1. The van der Waals surface area contributed by atoms with Gasteiger partial charge in [0.25, 0.3) is 0 Å². The van der Waals surface area contributed by atoms with E-state index >= 15 is 0 Å². The number of hydrogen-bond donors (Lipinski definition) is 0. The summed E-state index contributed by atoms with van der Waals surface area (Å²) < 4.78 is 21.1. The van der Waals surface area contributed by atoms with E-state index in [2.05, 4.69) is 4.90 Å². The Balaban J connectivity index is 0.00000288. The zero-order chi connectivity index (χ0) is 16.7. The first kappa shape index (κ1) is 20.4. The summed E-state index contributed by atoms with van der Waals surface area (Å²) in [5.41, 5.74) is 0.387. The lowest BCUT2D eigenvalue weighted by Gasteiger charge is -2.25. The molecule has 0 unspecified atom stereocenters. The van der Waals surface area contributed by atoms with Crippen LogP contribution in [-0.2, 0) is 4.74 Å². The molecule has 136 valence electrons. The maximum Gasteiger partial charge on any atom is 0.338 e. The standard InChI is InChI=1S/C17H25NO5.ClH/c1-20-14-11-13(12-15(21-2)16(14)22-3)17(19)23-10-9-18-7-5-4-6-8-18;/h11-12H,4-10H2,1-3H3;1H. The Kier molecular flexibility index (Phi) is 8.71. The van der Waals surface area contributed by atoms with Gasteiger partial charge in [0.15, 0.2) is 11.5 Å². The smallest absolute Gasteiger partial charge is 0.338 e. The fourth-order valence-electron chi connectivity index (χ4n) is 2.73. The third-order valence-electron chi connectivity index (χ3n) is 3.99. The molecule has 0 saturated carbocycles. The fraction of sp³-hybridized carbons (Fsp3) is 0.588. The number of methoxy groups -OCH3 is 3. The van der Waals surface area contributed by atoms with Gasteiger partial charge in [-0.3, -0.25) is 4.90 Å². The Hall–Kier alpha value is -1.66. The minimum absolute atomic E-state index is 0. The summed E-state index contributed by atoms with van der Waals surface area (Å²) in [5.74, 6) is 0.950. The van der Waals surface area contributed by atoms with Gasteiger partial charge >= 0.3 is 5.97 Å². The molecule has 0 amide bonds. The number of nitrogens with zero attached hydrogens (tertiary/aromatic N) is 1. The van der Waals surface area contributed by atoms with Gasteiger partial charge in [0, 0.05) is 6.54 Å². The van der Waals surface area contributed by atoms with Crippen LogP contribution in [0.5, 0.6) is 17.2 Å². The molecular formula is C17H26ClNO5. The lowest BCUT2D eigenvalue weighted by molar-refractivity contribution is 0.0451. The number of benzene rings is 1. The second-order valence-corrected chi connectivity index (χ2v) is 5.45. The Labute approximate surface area is 149 Å². The summed E-state index contributed by atoms with van der Waals surface area (Å²) >= 11 is 0. The first-order valence-corrected chi connectivity index (χ1v) is 7.89. The van der Waals surface area contributed by atoms with E-state index in [1.54, 1.807) is 12.1 Å². The van der Waals surface area contributed by atoms with Gasteiger partial charge in [0.05, 0.1) is 26.9 Å². The topological polar surface area (TPSA) is 57.2 Å². The third kappa shape index (κ3) is 5.18. The molecule has 0 atom stereocenters. The van der Waals surface area contributed by atoms with Crippen molar-refractivity contribution in [1.29, 1.82) is 0 Å². The van der Waals surface area contributed by atoms with Crippen LogP contribution in [0.2, 0.25) is 0 Å². The number of esters is 1. The molecule has 1 heterocycles. The minimum atomic E-state index is -0.388. The van der Waals surface area contributed by atoms with Crippen LogP contribution in [-0.4, -0.2) is 58.4 Å². The molecule has 1 aliphatic heterocycles. The number of piperidine rings is 1. The predicted octanol–water partition coefficient (Wildman–Crippen LogP) is 2.78. The van der Waals surface area contributed by atoms with Gasteiger partial charge in [0.2, 0.25) is 5.75 Å². The highest BCUT2D eigenvalue weighted by atomic mass is 35.5. The van der Waals surface area contributed by atoms with Gasteiger partial charge in [0.1, 0.15) is 6.61 Å². The van der Waals surface area contributed by atoms with Gasteiger partial charge in [-0.2, -0.15) is 0 Å². The Morgan fingerprint density at radius 2 is 1.58 bits per heavy atom. The van der Waals surface area contributed by atoms with Gasteiger partial charge in [-0.05, 0) is 38.1 Å². The zero-order valence-corrected chi connectivity index (χ0v) is 15.3. The van der Waals surface area contributed by atoms with E-state index in [-0.39, 0.29) is 18.4 Å². The lowest BCUT2D eigenvalue weighted by atomic mass is 10.1. The molecule has 24 heavy (non-hydrogen) atoms. The predicted molar refractivity (Wildman–Crippen MR) is 93.9 cm³/mol. The van der Waals surface area contributed by atoms with Crippen LogP contribution in [0.3, 0.4) is 0 Å². The van der Waals surface area contributed by atoms with E-state index in [4.69, 9.17) is 18.9 Å². The zero-order valence-electron chi connectivity index (χ0n) is 14.5. The van der Waals surface area contributed by atoms with Crippen LogP contribution in [0, 0.1) is 0 Å². The molecule has 1 fully saturated rings. The van der Waals surface area contributed by atoms with Gasteiger partial charge in [-0.25, -0.2) is 4.79 Å². The summed E-state index contributed by atoms with van der Waals surface area (Å²) in [5, 5.41) is 0. The second kappa shape index (κ2) is 10.3. The van der Waals surface area contributed by atoms with Crippen molar-refractivity contribution < 1.29 is 23.7 Å². The van der Waals surface area contributed by atoms with E-state index in [0.29, 0.717) is 29.4 Å². The number of hydrogen-bond acceptors (Lipinski definition) is 6. The summed E-state index contributed by atoms with van der Waals surface area (Å²) in [7, 11) is 4.56. The highest BCUT2D eigenvalue weighted by Gasteiger charge is 2.18. The Morgan fingerprint density at radius 1 is 1.00 bits per heavy atom. The molecule has 7 heteroatoms. The summed E-state index contributed by atoms with van der Waals surface area (Å²) in [4.78, 5) is 14.6. The van der Waals surface area contributed by atoms with E-state index in [9.17, 15) is 4.79 Å². The third-order valence-corrected chi connectivity index (χ3v) is 3.99. The SMILES string of the molecule is COc1cc(C(=O)OCCN2CCCCC2)cc(OC)c1OC.Cl. The maximum absolute atomic E-state index is 12.2. The van der Waals surface area contributed by atoms with Crippen molar-refractivity contribution in [2.75, 3.05) is 47.6 Å². The van der Waals surface area contributed by atoms with Crippen LogP contribution < -0.4 is 14.2 Å². The quantitative estimate of drug-likeness (QED) is 0.698. The summed E-state index contributed by atoms with van der Waals surface area (Å²) in [6.07, 6.45) is 3.74. The molecule has 2 rings (SSSR count). The number of ether oxygens (including phenoxy) is 4. The molecule has 1 aromatic carbocycles. The van der Waals surface area contributed by atoms with Crippen LogP contribution in [0.1, 0.15) is 29.6 Å².